The molecule has 0 N–H and O–H groups in total. The molecule has 0 unspecified atom stereocenters. The Morgan fingerprint density at radius 3 is 2.79 bits per heavy atom. The van der Waals surface area contributed by atoms with E-state index in [2.05, 4.69) is 24.9 Å². The average molecular weight is 258 g/mol. The summed E-state index contributed by atoms with van der Waals surface area (Å²) in [7, 11) is 1.31. The molecule has 2 aromatic heterocycles. The van der Waals surface area contributed by atoms with Crippen molar-refractivity contribution in [3.05, 3.63) is 35.8 Å². The molecule has 0 aliphatic rings. The molecule has 98 valence electrons. The molecule has 0 radical (unpaired) electrons. The van der Waals surface area contributed by atoms with E-state index in [-0.39, 0.29) is 5.69 Å². The van der Waals surface area contributed by atoms with Crippen molar-refractivity contribution in [2.45, 2.75) is 19.8 Å². The number of hydrogen-bond donors (Lipinski definition) is 0. The standard InChI is InChI=1S/C13H14N4O2/c1-3-6-9-11(13(18)19-2)16-17-12(15-9)10-7-4-5-8-14-10/h4-5,7-8H,3,6H2,1-2H3. The summed E-state index contributed by atoms with van der Waals surface area (Å²) in [5.41, 5.74) is 1.39. The molecule has 2 rings (SSSR count). The topological polar surface area (TPSA) is 77.9 Å². The average Bonchev–Trinajstić information content (AvgIpc) is 2.47. The molecular formula is C13H14N4O2. The van der Waals surface area contributed by atoms with E-state index in [1.165, 1.54) is 7.11 Å². The Morgan fingerprint density at radius 1 is 1.32 bits per heavy atom. The molecule has 6 heteroatoms. The number of ether oxygens (including phenoxy) is 1. The highest BCUT2D eigenvalue weighted by molar-refractivity contribution is 5.88. The van der Waals surface area contributed by atoms with Crippen molar-refractivity contribution in [2.75, 3.05) is 7.11 Å². The predicted octanol–water partition coefficient (Wildman–Crippen LogP) is 1.67. The number of rotatable bonds is 4. The number of carbonyl (C=O) groups excluding carboxylic acids is 1. The van der Waals surface area contributed by atoms with Crippen LogP contribution in [0.1, 0.15) is 29.5 Å². The maximum atomic E-state index is 11.6. The fourth-order valence-corrected chi connectivity index (χ4v) is 1.63. The van der Waals surface area contributed by atoms with Gasteiger partial charge in [0.25, 0.3) is 0 Å². The van der Waals surface area contributed by atoms with Crippen LogP contribution in [0.15, 0.2) is 24.4 Å². The number of esters is 1. The Bertz CT molecular complexity index is 572. The Hall–Kier alpha value is -2.37. The maximum absolute atomic E-state index is 11.6. The largest absolute Gasteiger partial charge is 0.464 e. The molecule has 0 aliphatic carbocycles. The summed E-state index contributed by atoms with van der Waals surface area (Å²) in [6.45, 7) is 2.00. The van der Waals surface area contributed by atoms with Gasteiger partial charge in [-0.2, -0.15) is 0 Å². The van der Waals surface area contributed by atoms with Gasteiger partial charge in [0.05, 0.1) is 12.8 Å². The van der Waals surface area contributed by atoms with Crippen LogP contribution in [0.5, 0.6) is 0 Å². The number of aryl methyl sites for hydroxylation is 1. The van der Waals surface area contributed by atoms with Crippen molar-refractivity contribution >= 4 is 5.97 Å². The highest BCUT2D eigenvalue weighted by Crippen LogP contribution is 2.13. The van der Waals surface area contributed by atoms with E-state index in [0.29, 0.717) is 23.6 Å². The summed E-state index contributed by atoms with van der Waals surface area (Å²) in [5.74, 6) is -0.104. The number of carbonyl (C=O) groups is 1. The summed E-state index contributed by atoms with van der Waals surface area (Å²) >= 11 is 0. The van der Waals surface area contributed by atoms with Gasteiger partial charge in [-0.1, -0.05) is 19.4 Å². The van der Waals surface area contributed by atoms with E-state index in [1.807, 2.05) is 19.1 Å². The zero-order valence-corrected chi connectivity index (χ0v) is 10.8. The predicted molar refractivity (Wildman–Crippen MR) is 68.4 cm³/mol. The lowest BCUT2D eigenvalue weighted by Crippen LogP contribution is -2.13. The van der Waals surface area contributed by atoms with Crippen molar-refractivity contribution in [1.82, 2.24) is 20.2 Å². The minimum Gasteiger partial charge on any atom is -0.464 e. The van der Waals surface area contributed by atoms with Crippen LogP contribution in [-0.2, 0) is 11.2 Å². The highest BCUT2D eigenvalue weighted by Gasteiger charge is 2.17. The van der Waals surface area contributed by atoms with Crippen molar-refractivity contribution in [3.63, 3.8) is 0 Å². The molecule has 0 aliphatic heterocycles. The number of hydrogen-bond acceptors (Lipinski definition) is 6. The third-order valence-electron chi connectivity index (χ3n) is 2.52. The van der Waals surface area contributed by atoms with Crippen molar-refractivity contribution in [3.8, 4) is 11.5 Å². The van der Waals surface area contributed by atoms with E-state index < -0.39 is 5.97 Å². The Labute approximate surface area is 110 Å². The van der Waals surface area contributed by atoms with Crippen LogP contribution in [0.2, 0.25) is 0 Å². The quantitative estimate of drug-likeness (QED) is 0.776. The minimum absolute atomic E-state index is 0.170. The number of methoxy groups -OCH3 is 1. The van der Waals surface area contributed by atoms with E-state index in [4.69, 9.17) is 0 Å². The zero-order valence-electron chi connectivity index (χ0n) is 10.8. The molecular weight excluding hydrogens is 244 g/mol. The van der Waals surface area contributed by atoms with Gasteiger partial charge in [0.15, 0.2) is 5.69 Å². The molecule has 2 heterocycles. The molecule has 19 heavy (non-hydrogen) atoms. The van der Waals surface area contributed by atoms with Crippen molar-refractivity contribution in [1.29, 1.82) is 0 Å². The van der Waals surface area contributed by atoms with Gasteiger partial charge < -0.3 is 4.74 Å². The minimum atomic E-state index is -0.518. The van der Waals surface area contributed by atoms with Crippen LogP contribution in [0, 0.1) is 0 Å². The van der Waals surface area contributed by atoms with E-state index in [0.717, 1.165) is 6.42 Å². The van der Waals surface area contributed by atoms with Gasteiger partial charge >= 0.3 is 5.97 Å². The molecule has 0 spiro atoms. The second-order valence-corrected chi connectivity index (χ2v) is 3.89. The lowest BCUT2D eigenvalue weighted by Gasteiger charge is -2.06. The van der Waals surface area contributed by atoms with Gasteiger partial charge in [0.2, 0.25) is 5.82 Å². The van der Waals surface area contributed by atoms with Crippen LogP contribution >= 0.6 is 0 Å². The molecule has 2 aromatic rings. The van der Waals surface area contributed by atoms with Crippen LogP contribution < -0.4 is 0 Å². The monoisotopic (exact) mass is 258 g/mol. The lowest BCUT2D eigenvalue weighted by molar-refractivity contribution is 0.0590. The number of aromatic nitrogens is 4. The summed E-state index contributed by atoms with van der Waals surface area (Å²) in [6, 6.07) is 5.46. The molecule has 0 fully saturated rings. The van der Waals surface area contributed by atoms with Gasteiger partial charge in [0, 0.05) is 6.20 Å². The number of nitrogens with zero attached hydrogens (tertiary/aromatic N) is 4. The Kier molecular flexibility index (Phi) is 4.12. The second-order valence-electron chi connectivity index (χ2n) is 3.89. The Balaban J connectivity index is 2.44. The van der Waals surface area contributed by atoms with Crippen molar-refractivity contribution < 1.29 is 9.53 Å². The van der Waals surface area contributed by atoms with Gasteiger partial charge in [-0.05, 0) is 18.6 Å². The summed E-state index contributed by atoms with van der Waals surface area (Å²) in [6.07, 6.45) is 3.15. The van der Waals surface area contributed by atoms with Crippen LogP contribution in [0.3, 0.4) is 0 Å². The smallest absolute Gasteiger partial charge is 0.360 e. The molecule has 0 aromatic carbocycles. The highest BCUT2D eigenvalue weighted by atomic mass is 16.5. The molecule has 0 atom stereocenters. The van der Waals surface area contributed by atoms with E-state index >= 15 is 0 Å². The SMILES string of the molecule is CCCc1nc(-c2ccccn2)nnc1C(=O)OC. The molecule has 6 nitrogen and oxygen atoms in total. The third-order valence-corrected chi connectivity index (χ3v) is 2.52. The van der Waals surface area contributed by atoms with Crippen LogP contribution in [0.4, 0.5) is 0 Å². The van der Waals surface area contributed by atoms with Gasteiger partial charge in [0.1, 0.15) is 5.69 Å². The van der Waals surface area contributed by atoms with Crippen LogP contribution in [0.25, 0.3) is 11.5 Å². The zero-order chi connectivity index (χ0) is 13.7. The first-order valence-electron chi connectivity index (χ1n) is 5.99. The summed E-state index contributed by atoms with van der Waals surface area (Å²) in [5, 5.41) is 7.85. The molecule has 0 amide bonds. The first-order valence-corrected chi connectivity index (χ1v) is 5.99. The summed E-state index contributed by atoms with van der Waals surface area (Å²) in [4.78, 5) is 20.1. The van der Waals surface area contributed by atoms with E-state index in [1.54, 1.807) is 12.3 Å². The van der Waals surface area contributed by atoms with Gasteiger partial charge in [-0.25, -0.2) is 9.78 Å². The molecule has 0 bridgehead atoms. The Morgan fingerprint density at radius 2 is 2.16 bits per heavy atom. The number of pyridine rings is 1. The van der Waals surface area contributed by atoms with Gasteiger partial charge in [-0.15, -0.1) is 10.2 Å². The van der Waals surface area contributed by atoms with Crippen LogP contribution in [-0.4, -0.2) is 33.2 Å². The maximum Gasteiger partial charge on any atom is 0.360 e. The second kappa shape index (κ2) is 5.99. The van der Waals surface area contributed by atoms with E-state index in [9.17, 15) is 4.79 Å². The summed E-state index contributed by atoms with van der Waals surface area (Å²) < 4.78 is 4.67. The fourth-order valence-electron chi connectivity index (χ4n) is 1.63. The first kappa shape index (κ1) is 13.1. The molecule has 0 saturated heterocycles. The lowest BCUT2D eigenvalue weighted by atomic mass is 10.2. The fraction of sp³-hybridized carbons (Fsp3) is 0.308. The third kappa shape index (κ3) is 2.90. The van der Waals surface area contributed by atoms with Gasteiger partial charge in [-0.3, -0.25) is 4.98 Å². The molecule has 0 saturated carbocycles. The normalized spacial score (nSPS) is 10.2. The first-order chi connectivity index (χ1) is 9.26. The van der Waals surface area contributed by atoms with Crippen molar-refractivity contribution in [2.24, 2.45) is 0 Å².